The molecule has 1 fully saturated rings. The Kier molecular flexibility index (Phi) is 6.46. The zero-order valence-electron chi connectivity index (χ0n) is 18.4. The number of nitrogens with zero attached hydrogens (tertiary/aromatic N) is 3. The number of amides is 3. The Labute approximate surface area is 192 Å². The molecule has 0 spiro atoms. The minimum absolute atomic E-state index is 0.00151. The number of guanidine groups is 1. The van der Waals surface area contributed by atoms with E-state index in [4.69, 9.17) is 10.8 Å². The molecule has 0 aliphatic carbocycles. The zero-order chi connectivity index (χ0) is 25.4. The van der Waals surface area contributed by atoms with Gasteiger partial charge in [0.05, 0.1) is 35.1 Å². The van der Waals surface area contributed by atoms with E-state index in [1.807, 2.05) is 0 Å². The number of hydrogen-bond acceptors (Lipinski definition) is 7. The molecule has 0 saturated carbocycles. The summed E-state index contributed by atoms with van der Waals surface area (Å²) in [5.41, 5.74) is 3.05. The number of nitrogens with two attached hydrogens (primary N) is 1. The van der Waals surface area contributed by atoms with E-state index in [2.05, 4.69) is 20.4 Å². The van der Waals surface area contributed by atoms with Crippen molar-refractivity contribution in [3.05, 3.63) is 41.3 Å². The molecule has 5 N–H and O–H groups in total. The number of hydrogen-bond donors (Lipinski definition) is 4. The molecule has 0 radical (unpaired) electrons. The van der Waals surface area contributed by atoms with Gasteiger partial charge in [0.2, 0.25) is 5.96 Å². The van der Waals surface area contributed by atoms with Crippen molar-refractivity contribution >= 4 is 29.7 Å². The van der Waals surface area contributed by atoms with Gasteiger partial charge in [0, 0.05) is 6.54 Å². The fourth-order valence-electron chi connectivity index (χ4n) is 3.63. The normalized spacial score (nSPS) is 19.9. The number of carbonyl (C=O) groups is 3. The molecule has 34 heavy (non-hydrogen) atoms. The summed E-state index contributed by atoms with van der Waals surface area (Å²) in [6.07, 6.45) is -7.47. The van der Waals surface area contributed by atoms with Gasteiger partial charge in [-0.1, -0.05) is 6.07 Å². The molecule has 2 aliphatic rings. The van der Waals surface area contributed by atoms with Gasteiger partial charge in [0.25, 0.3) is 5.91 Å². The lowest BCUT2D eigenvalue weighted by Crippen LogP contribution is -2.57. The SMILES string of the molecule is CCNC(=O)c1cccc(C(F)(F)F)c1N1C(N2CC(C)(C)NC2=O)=NC=C(OC(=O)O)C1N. The fourth-order valence-corrected chi connectivity index (χ4v) is 3.63. The topological polar surface area (TPSA) is 150 Å². The van der Waals surface area contributed by atoms with Crippen LogP contribution >= 0.6 is 0 Å². The van der Waals surface area contributed by atoms with Crippen molar-refractivity contribution in [2.45, 2.75) is 38.7 Å². The molecule has 0 aromatic heterocycles. The Hall–Kier alpha value is -3.81. The summed E-state index contributed by atoms with van der Waals surface area (Å²) in [4.78, 5) is 42.4. The first kappa shape index (κ1) is 24.8. The van der Waals surface area contributed by atoms with Crippen molar-refractivity contribution in [1.82, 2.24) is 15.5 Å². The van der Waals surface area contributed by atoms with E-state index in [-0.39, 0.29) is 19.0 Å². The summed E-state index contributed by atoms with van der Waals surface area (Å²) >= 11 is 0. The van der Waals surface area contributed by atoms with Crippen LogP contribution in [0.5, 0.6) is 0 Å². The second kappa shape index (κ2) is 8.85. The molecule has 184 valence electrons. The minimum Gasteiger partial charge on any atom is -0.449 e. The van der Waals surface area contributed by atoms with Gasteiger partial charge in [-0.25, -0.2) is 14.6 Å². The van der Waals surface area contributed by atoms with Gasteiger partial charge in [-0.05, 0) is 32.9 Å². The van der Waals surface area contributed by atoms with Crippen LogP contribution in [0.4, 0.5) is 28.4 Å². The Morgan fingerprint density at radius 1 is 1.38 bits per heavy atom. The summed E-state index contributed by atoms with van der Waals surface area (Å²) in [5.74, 6) is -1.68. The van der Waals surface area contributed by atoms with E-state index in [0.717, 1.165) is 34.2 Å². The third-order valence-electron chi connectivity index (χ3n) is 4.95. The Morgan fingerprint density at radius 3 is 2.59 bits per heavy atom. The maximum absolute atomic E-state index is 14.1. The molecule has 1 atom stereocenters. The summed E-state index contributed by atoms with van der Waals surface area (Å²) in [5, 5.41) is 14.1. The highest BCUT2D eigenvalue weighted by Gasteiger charge is 2.46. The minimum atomic E-state index is -4.94. The van der Waals surface area contributed by atoms with Crippen LogP contribution in [-0.2, 0) is 10.9 Å². The van der Waals surface area contributed by atoms with Crippen LogP contribution in [0.1, 0.15) is 36.7 Å². The molecule has 0 bridgehead atoms. The van der Waals surface area contributed by atoms with Crippen LogP contribution in [0.3, 0.4) is 0 Å². The Balaban J connectivity index is 2.28. The average Bonchev–Trinajstić information content (AvgIpc) is 3.00. The van der Waals surface area contributed by atoms with E-state index in [0.29, 0.717) is 0 Å². The summed E-state index contributed by atoms with van der Waals surface area (Å²) in [7, 11) is 0. The number of rotatable bonds is 4. The van der Waals surface area contributed by atoms with Crippen LogP contribution in [0.25, 0.3) is 0 Å². The van der Waals surface area contributed by atoms with Gasteiger partial charge in [0.15, 0.2) is 5.76 Å². The highest BCUT2D eigenvalue weighted by atomic mass is 19.4. The highest BCUT2D eigenvalue weighted by Crippen LogP contribution is 2.41. The second-order valence-electron chi connectivity index (χ2n) is 8.10. The molecule has 1 aromatic carbocycles. The molecule has 3 rings (SSSR count). The summed E-state index contributed by atoms with van der Waals surface area (Å²) < 4.78 is 46.9. The van der Waals surface area contributed by atoms with Crippen LogP contribution in [0.15, 0.2) is 35.2 Å². The number of carboxylic acid groups (broad SMARTS) is 1. The lowest BCUT2D eigenvalue weighted by atomic mass is 10.0. The molecule has 1 saturated heterocycles. The maximum atomic E-state index is 14.1. The van der Waals surface area contributed by atoms with Crippen LogP contribution in [0.2, 0.25) is 0 Å². The second-order valence-corrected chi connectivity index (χ2v) is 8.10. The van der Waals surface area contributed by atoms with Crippen molar-refractivity contribution in [1.29, 1.82) is 0 Å². The molecule has 2 heterocycles. The number of benzene rings is 1. The molecule has 2 aliphatic heterocycles. The zero-order valence-corrected chi connectivity index (χ0v) is 18.4. The Bertz CT molecular complexity index is 1080. The number of urea groups is 1. The van der Waals surface area contributed by atoms with Gasteiger partial charge >= 0.3 is 18.4 Å². The monoisotopic (exact) mass is 484 g/mol. The molecule has 1 unspecified atom stereocenters. The van der Waals surface area contributed by atoms with Crippen LogP contribution in [0, 0.1) is 0 Å². The van der Waals surface area contributed by atoms with E-state index in [1.54, 1.807) is 20.8 Å². The predicted molar refractivity (Wildman–Crippen MR) is 114 cm³/mol. The van der Waals surface area contributed by atoms with Gasteiger partial charge in [0.1, 0.15) is 6.17 Å². The van der Waals surface area contributed by atoms with Gasteiger partial charge in [-0.3, -0.25) is 14.6 Å². The molecule has 11 nitrogen and oxygen atoms in total. The number of carbonyl (C=O) groups excluding carboxylic acids is 2. The summed E-state index contributed by atoms with van der Waals surface area (Å²) in [6.45, 7) is 5.09. The molecular weight excluding hydrogens is 461 g/mol. The predicted octanol–water partition coefficient (Wildman–Crippen LogP) is 2.26. The van der Waals surface area contributed by atoms with Crippen molar-refractivity contribution in [2.24, 2.45) is 10.7 Å². The third-order valence-corrected chi connectivity index (χ3v) is 4.95. The average molecular weight is 484 g/mol. The van der Waals surface area contributed by atoms with E-state index in [1.165, 1.54) is 0 Å². The third kappa shape index (κ3) is 4.76. The highest BCUT2D eigenvalue weighted by molar-refractivity contribution is 6.12. The fraction of sp³-hybridized carbons (Fsp3) is 0.400. The number of ether oxygens (including phenoxy) is 1. The quantitative estimate of drug-likeness (QED) is 0.479. The first-order chi connectivity index (χ1) is 15.8. The van der Waals surface area contributed by atoms with Gasteiger partial charge < -0.3 is 26.2 Å². The van der Waals surface area contributed by atoms with E-state index in [9.17, 15) is 27.6 Å². The molecule has 3 amide bonds. The number of para-hydroxylation sites is 1. The van der Waals surface area contributed by atoms with Crippen LogP contribution < -0.4 is 21.3 Å². The number of alkyl halides is 3. The van der Waals surface area contributed by atoms with Crippen molar-refractivity contribution in [3.8, 4) is 0 Å². The standard InChI is InChI=1S/C20H23F3N6O5/c1-4-25-15(30)10-6-5-7-11(20(21,22)23)13(10)29-14(24)12(34-18(32)33)8-26-16(29)28-9-19(2,3)27-17(28)31/h5-8,14H,4,9,24H2,1-3H3,(H,25,30)(H,27,31)(H,32,33). The number of nitrogens with one attached hydrogen (secondary N) is 2. The van der Waals surface area contributed by atoms with Crippen molar-refractivity contribution in [2.75, 3.05) is 18.0 Å². The summed E-state index contributed by atoms with van der Waals surface area (Å²) in [6, 6.07) is 2.29. The van der Waals surface area contributed by atoms with Crippen molar-refractivity contribution < 1.29 is 37.4 Å². The van der Waals surface area contributed by atoms with E-state index >= 15 is 0 Å². The first-order valence-electron chi connectivity index (χ1n) is 10.1. The van der Waals surface area contributed by atoms with Crippen molar-refractivity contribution in [3.63, 3.8) is 0 Å². The smallest absolute Gasteiger partial charge is 0.449 e. The molecule has 1 aromatic rings. The lowest BCUT2D eigenvalue weighted by Gasteiger charge is -2.39. The number of anilines is 1. The first-order valence-corrected chi connectivity index (χ1v) is 10.1. The lowest BCUT2D eigenvalue weighted by molar-refractivity contribution is -0.137. The Morgan fingerprint density at radius 2 is 2.06 bits per heavy atom. The van der Waals surface area contributed by atoms with Gasteiger partial charge in [-0.15, -0.1) is 0 Å². The van der Waals surface area contributed by atoms with E-state index < -0.39 is 58.5 Å². The maximum Gasteiger partial charge on any atom is 0.511 e. The number of aliphatic imine (C=N–C) groups is 1. The molecular formula is C20H23F3N6O5. The van der Waals surface area contributed by atoms with Crippen LogP contribution in [-0.4, -0.2) is 58.9 Å². The number of halogens is 3. The molecule has 14 heteroatoms. The largest absolute Gasteiger partial charge is 0.511 e. The van der Waals surface area contributed by atoms with Gasteiger partial charge in [-0.2, -0.15) is 13.2 Å².